The van der Waals surface area contributed by atoms with Crippen molar-refractivity contribution in [2.45, 2.75) is 145 Å². The maximum Gasteiger partial charge on any atom is 2.00 e. The van der Waals surface area contributed by atoms with Crippen molar-refractivity contribution in [3.63, 3.8) is 0 Å². The summed E-state index contributed by atoms with van der Waals surface area (Å²) < 4.78 is 1.07. The monoisotopic (exact) mass is 994 g/mol. The average molecular weight is 997 g/mol. The van der Waals surface area contributed by atoms with Crippen molar-refractivity contribution in [1.82, 2.24) is 15.3 Å². The second-order valence-electron chi connectivity index (χ2n) is 17.6. The van der Waals surface area contributed by atoms with E-state index in [0.29, 0.717) is 11.1 Å². The van der Waals surface area contributed by atoms with Crippen LogP contribution in [0.2, 0.25) is 0 Å². The Labute approximate surface area is 450 Å². The number of nitrogens with one attached hydrogen (secondary N) is 1. The van der Waals surface area contributed by atoms with Gasteiger partial charge in [0.05, 0.1) is 0 Å². The summed E-state index contributed by atoms with van der Waals surface area (Å²) in [6.07, 6.45) is 12.7. The van der Waals surface area contributed by atoms with Gasteiger partial charge in [0.15, 0.2) is 0 Å². The molecule has 0 bridgehead atoms. The van der Waals surface area contributed by atoms with Gasteiger partial charge in [-0.15, -0.1) is 11.1 Å². The average Bonchev–Trinajstić information content (AvgIpc) is 3.00. The van der Waals surface area contributed by atoms with E-state index in [0.717, 1.165) is 27.4 Å². The predicted octanol–water partition coefficient (Wildman–Crippen LogP) is -5.25. The summed E-state index contributed by atoms with van der Waals surface area (Å²) in [6, 6.07) is 20.5. The molecule has 2 aliphatic rings. The van der Waals surface area contributed by atoms with Gasteiger partial charge in [0.1, 0.15) is 3.70 Å². The number of pyridine rings is 2. The van der Waals surface area contributed by atoms with Gasteiger partial charge in [-0.2, -0.15) is 13.8 Å². The van der Waals surface area contributed by atoms with E-state index in [1.54, 1.807) is 0 Å². The normalized spacial score (nSPS) is 16.5. The fourth-order valence-corrected chi connectivity index (χ4v) is 8.37. The Morgan fingerprint density at radius 1 is 0.621 bits per heavy atom. The Balaban J connectivity index is -0.000000112. The third-order valence-corrected chi connectivity index (χ3v) is 10.3. The van der Waals surface area contributed by atoms with Gasteiger partial charge in [0.2, 0.25) is 0 Å². The minimum atomic E-state index is 0. The van der Waals surface area contributed by atoms with Crippen molar-refractivity contribution in [3.05, 3.63) is 94.7 Å². The molecule has 2 aliphatic heterocycles. The van der Waals surface area contributed by atoms with Crippen LogP contribution in [0.1, 0.15) is 123 Å². The van der Waals surface area contributed by atoms with E-state index in [2.05, 4.69) is 145 Å². The zero-order chi connectivity index (χ0) is 37.8. The van der Waals surface area contributed by atoms with Crippen LogP contribution in [0, 0.1) is 33.8 Å². The van der Waals surface area contributed by atoms with Crippen LogP contribution in [-0.2, 0) is 0 Å². The number of piperidine rings is 2. The largest absolute Gasteiger partial charge is 2.00 e. The van der Waals surface area contributed by atoms with E-state index in [-0.39, 0.29) is 145 Å². The van der Waals surface area contributed by atoms with Gasteiger partial charge in [-0.1, -0.05) is 117 Å². The molecule has 58 heavy (non-hydrogen) atoms. The van der Waals surface area contributed by atoms with E-state index in [1.165, 1.54) is 47.2 Å². The van der Waals surface area contributed by atoms with E-state index in [9.17, 15) is 0 Å². The molecule has 6 rings (SSSR count). The minimum Gasteiger partial charge on any atom is -1.00 e. The molecule has 310 valence electrons. The summed E-state index contributed by atoms with van der Waals surface area (Å²) in [7, 11) is 0. The molecule has 4 heterocycles. The van der Waals surface area contributed by atoms with Gasteiger partial charge in [0.25, 0.3) is 0 Å². The van der Waals surface area contributed by atoms with Gasteiger partial charge < -0.3 is 66.7 Å². The number of hydrogen-bond donors (Lipinski definition) is 1. The number of nitrogens with zero attached hydrogens (tertiary/aromatic N) is 3. The molecule has 1 N–H and O–H groups in total. The van der Waals surface area contributed by atoms with Crippen LogP contribution < -0.4 is 92.7 Å². The van der Waals surface area contributed by atoms with Crippen LogP contribution in [0.15, 0.2) is 79.3 Å². The summed E-state index contributed by atoms with van der Waals surface area (Å²) in [5.74, 6) is 3.35. The minimum absolute atomic E-state index is 0. The summed E-state index contributed by atoms with van der Waals surface area (Å²) in [5.41, 5.74) is 1.01. The fraction of sp³-hybridized carbons (Fsp3) is 0.578. The maximum absolute atomic E-state index is 4.88. The van der Waals surface area contributed by atoms with Crippen molar-refractivity contribution in [3.8, 4) is 0 Å². The third-order valence-electron chi connectivity index (χ3n) is 9.41. The molecule has 2 saturated heterocycles. The smallest absolute Gasteiger partial charge is 1.00 e. The van der Waals surface area contributed by atoms with E-state index in [4.69, 9.17) is 5.32 Å². The van der Waals surface area contributed by atoms with Crippen molar-refractivity contribution in [2.24, 2.45) is 23.7 Å². The number of fused-ring (bicyclic) bond motifs is 2. The second-order valence-corrected chi connectivity index (χ2v) is 18.6. The Morgan fingerprint density at radius 2 is 1.00 bits per heavy atom. The number of aromatic nitrogens is 2. The van der Waals surface area contributed by atoms with E-state index < -0.39 is 0 Å². The van der Waals surface area contributed by atoms with E-state index in [1.807, 2.05) is 75.3 Å². The molecule has 4 aromatic rings. The molecule has 2 fully saturated rings. The first-order valence-corrected chi connectivity index (χ1v) is 19.8. The number of benzene rings is 2. The molecular weight excluding hydrogens is 928 g/mol. The molecule has 2 aromatic carbocycles. The maximum atomic E-state index is 4.88. The first-order valence-electron chi connectivity index (χ1n) is 18.7. The topological polar surface area (TPSA) is 51.9 Å². The van der Waals surface area contributed by atoms with E-state index >= 15 is 0 Å². The van der Waals surface area contributed by atoms with Gasteiger partial charge in [-0.25, -0.2) is 4.98 Å². The van der Waals surface area contributed by atoms with Crippen LogP contribution in [0.5, 0.6) is 0 Å². The fourth-order valence-electron chi connectivity index (χ4n) is 7.72. The Morgan fingerprint density at radius 3 is 1.41 bits per heavy atom. The SMILES string of the molecule is CC(C)C1CC(C)(C)NC(C)(C)C1.CC(C)C1CC(C)(C)[N-]C(C)(C)C1.C[CH-]C.Ic1nccc2ccccc12.[Cl-].[Cl-].[Cl-].[Cl-].[Li+].[Li+].[Mg+2].[Mg+2].c1ccc2cnccc2c1. The van der Waals surface area contributed by atoms with Gasteiger partial charge in [0, 0.05) is 35.1 Å². The summed E-state index contributed by atoms with van der Waals surface area (Å²) in [4.78, 5) is 8.21. The van der Waals surface area contributed by atoms with Gasteiger partial charge in [-0.05, 0) is 115 Å². The van der Waals surface area contributed by atoms with Crippen LogP contribution in [-0.4, -0.2) is 78.2 Å². The molecule has 2 aromatic heterocycles. The molecule has 0 saturated carbocycles. The molecule has 0 amide bonds. The van der Waals surface area contributed by atoms with Crippen molar-refractivity contribution in [2.75, 3.05) is 0 Å². The molecule has 0 aliphatic carbocycles. The third kappa shape index (κ3) is 28.6. The number of halogens is 5. The first-order chi connectivity index (χ1) is 23.2. The Hall–Kier alpha value is 1.80. The standard InChI is InChI=1S/C12H25N.C12H24N.C9H6IN.C9H7N.C3H7.4ClH.2Li.2Mg/c2*1-9(2)10-7-11(3,4)13-12(5,6)8-10;10-9-8-4-2-1-3-7(8)5-6-11-9;1-2-4-9-7-10-6-5-8(9)3-1;1-3-2;;;;;;;;/h9-10,13H,7-8H2,1-6H3;9-10H,7-8H2,1-6H3;1-6H;1-7H;3H,1-2H3;4*1H;;;;/q;-1;;;-1;;;;;2*+1;2*+2/p-4. The summed E-state index contributed by atoms with van der Waals surface area (Å²) in [6.45, 7) is 31.7. The zero-order valence-electron chi connectivity index (χ0n) is 38.9. The van der Waals surface area contributed by atoms with Crippen molar-refractivity contribution >= 4 is 90.2 Å². The summed E-state index contributed by atoms with van der Waals surface area (Å²) >= 11 is 2.25. The molecule has 4 nitrogen and oxygen atoms in total. The number of hydrogen-bond acceptors (Lipinski definition) is 3. The van der Waals surface area contributed by atoms with Crippen molar-refractivity contribution < 1.29 is 87.3 Å². The quantitative estimate of drug-likeness (QED) is 0.0948. The molecule has 0 spiro atoms. The Bertz CT molecular complexity index is 1460. The molecule has 0 radical (unpaired) electrons. The van der Waals surface area contributed by atoms with Crippen LogP contribution in [0.3, 0.4) is 0 Å². The van der Waals surface area contributed by atoms with Gasteiger partial charge in [-0.3, -0.25) is 4.98 Å². The van der Waals surface area contributed by atoms with Crippen LogP contribution in [0.4, 0.5) is 0 Å². The first kappa shape index (κ1) is 74.2. The number of rotatable bonds is 2. The second kappa shape index (κ2) is 35.1. The molecular formula is C45H69Cl4ILi2Mg2N4. The van der Waals surface area contributed by atoms with Crippen LogP contribution >= 0.6 is 22.6 Å². The molecule has 13 heteroatoms. The molecule has 0 atom stereocenters. The van der Waals surface area contributed by atoms with Crippen LogP contribution in [0.25, 0.3) is 26.9 Å². The summed E-state index contributed by atoms with van der Waals surface area (Å²) in [5, 5.41) is 13.5. The molecule has 0 unspecified atom stereocenters. The van der Waals surface area contributed by atoms with Gasteiger partial charge >= 0.3 is 83.8 Å². The Kier molecular flexibility index (Phi) is 44.9. The van der Waals surface area contributed by atoms with Crippen molar-refractivity contribution in [1.29, 1.82) is 0 Å². The zero-order valence-corrected chi connectivity index (χ0v) is 46.9. The predicted molar refractivity (Wildman–Crippen MR) is 241 cm³/mol.